The largest absolute Gasteiger partial charge is 0.482 e. The van der Waals surface area contributed by atoms with E-state index in [1.807, 2.05) is 37.4 Å². The molecule has 1 aromatic carbocycles. The first-order valence-electron chi connectivity index (χ1n) is 9.48. The van der Waals surface area contributed by atoms with Gasteiger partial charge in [0.2, 0.25) is 5.89 Å². The number of carbonyl (C=O) groups is 1. The Balaban J connectivity index is 1.40. The first-order chi connectivity index (χ1) is 13.6. The quantitative estimate of drug-likeness (QED) is 0.678. The first-order valence-corrected chi connectivity index (χ1v) is 9.48. The summed E-state index contributed by atoms with van der Waals surface area (Å²) in [7, 11) is 3.94. The van der Waals surface area contributed by atoms with Gasteiger partial charge in [-0.2, -0.15) is 0 Å². The molecule has 0 atom stereocenters. The van der Waals surface area contributed by atoms with E-state index < -0.39 is 0 Å². The SMILES string of the molecule is CN1CCC(N(C)C(=O)c2coc(COc3cccc4cccnc34)n2)CC1. The molecular formula is C21H24N4O3. The molecular weight excluding hydrogens is 356 g/mol. The summed E-state index contributed by atoms with van der Waals surface area (Å²) in [5.74, 6) is 0.914. The smallest absolute Gasteiger partial charge is 0.275 e. The van der Waals surface area contributed by atoms with Crippen molar-refractivity contribution in [2.24, 2.45) is 0 Å². The second kappa shape index (κ2) is 7.98. The molecule has 1 saturated heterocycles. The van der Waals surface area contributed by atoms with Crippen molar-refractivity contribution in [3.8, 4) is 5.75 Å². The second-order valence-corrected chi connectivity index (χ2v) is 7.20. The molecule has 146 valence electrons. The van der Waals surface area contributed by atoms with E-state index in [4.69, 9.17) is 9.15 Å². The molecule has 0 saturated carbocycles. The summed E-state index contributed by atoms with van der Waals surface area (Å²) in [4.78, 5) is 25.5. The fourth-order valence-electron chi connectivity index (χ4n) is 3.54. The molecule has 3 heterocycles. The minimum Gasteiger partial charge on any atom is -0.482 e. The van der Waals surface area contributed by atoms with Crippen molar-refractivity contribution in [3.63, 3.8) is 0 Å². The molecule has 0 bridgehead atoms. The van der Waals surface area contributed by atoms with Gasteiger partial charge >= 0.3 is 0 Å². The van der Waals surface area contributed by atoms with Crippen LogP contribution in [-0.2, 0) is 6.61 Å². The van der Waals surface area contributed by atoms with Crippen LogP contribution in [0.3, 0.4) is 0 Å². The molecule has 0 aliphatic carbocycles. The van der Waals surface area contributed by atoms with Crippen LogP contribution in [0, 0.1) is 0 Å². The van der Waals surface area contributed by atoms with Crippen molar-refractivity contribution in [1.29, 1.82) is 0 Å². The monoisotopic (exact) mass is 380 g/mol. The predicted octanol–water partition coefficient (Wildman–Crippen LogP) is 2.97. The van der Waals surface area contributed by atoms with Gasteiger partial charge in [-0.1, -0.05) is 18.2 Å². The van der Waals surface area contributed by atoms with Crippen LogP contribution in [0.25, 0.3) is 10.9 Å². The van der Waals surface area contributed by atoms with Gasteiger partial charge in [0.25, 0.3) is 5.91 Å². The van der Waals surface area contributed by atoms with E-state index in [0.29, 0.717) is 17.3 Å². The molecule has 3 aromatic rings. The summed E-state index contributed by atoms with van der Waals surface area (Å²) in [6.07, 6.45) is 5.09. The lowest BCUT2D eigenvalue weighted by Gasteiger charge is -2.34. The zero-order chi connectivity index (χ0) is 19.5. The number of likely N-dealkylation sites (tertiary alicyclic amines) is 1. The van der Waals surface area contributed by atoms with E-state index >= 15 is 0 Å². The van der Waals surface area contributed by atoms with Crippen LogP contribution < -0.4 is 4.74 Å². The summed E-state index contributed by atoms with van der Waals surface area (Å²) in [6.45, 7) is 2.14. The molecule has 7 heteroatoms. The molecule has 1 aliphatic rings. The number of aromatic nitrogens is 2. The second-order valence-electron chi connectivity index (χ2n) is 7.20. The van der Waals surface area contributed by atoms with E-state index in [2.05, 4.69) is 21.9 Å². The Hall–Kier alpha value is -2.93. The molecule has 1 fully saturated rings. The molecule has 0 unspecified atom stereocenters. The van der Waals surface area contributed by atoms with Crippen molar-refractivity contribution >= 4 is 16.8 Å². The average molecular weight is 380 g/mol. The number of fused-ring (bicyclic) bond motifs is 1. The Morgan fingerprint density at radius 1 is 1.29 bits per heavy atom. The van der Waals surface area contributed by atoms with E-state index in [9.17, 15) is 4.79 Å². The lowest BCUT2D eigenvalue weighted by molar-refractivity contribution is 0.0653. The highest BCUT2D eigenvalue weighted by Gasteiger charge is 2.26. The lowest BCUT2D eigenvalue weighted by Crippen LogP contribution is -2.44. The third kappa shape index (κ3) is 3.84. The predicted molar refractivity (Wildman–Crippen MR) is 105 cm³/mol. The topological polar surface area (TPSA) is 71.7 Å². The minimum atomic E-state index is -0.114. The number of hydrogen-bond donors (Lipinski definition) is 0. The fraction of sp³-hybridized carbons (Fsp3) is 0.381. The van der Waals surface area contributed by atoms with Gasteiger partial charge in [0.05, 0.1) is 0 Å². The summed E-state index contributed by atoms with van der Waals surface area (Å²) in [5, 5.41) is 1.00. The van der Waals surface area contributed by atoms with E-state index in [1.165, 1.54) is 6.26 Å². The minimum absolute atomic E-state index is 0.114. The van der Waals surface area contributed by atoms with Crippen LogP contribution in [-0.4, -0.2) is 58.9 Å². The van der Waals surface area contributed by atoms with Gasteiger partial charge < -0.3 is 19.0 Å². The van der Waals surface area contributed by atoms with E-state index in [1.54, 1.807) is 11.1 Å². The van der Waals surface area contributed by atoms with Crippen LogP contribution in [0.4, 0.5) is 0 Å². The highest BCUT2D eigenvalue weighted by Crippen LogP contribution is 2.24. The molecule has 1 aliphatic heterocycles. The zero-order valence-electron chi connectivity index (χ0n) is 16.2. The number of benzene rings is 1. The lowest BCUT2D eigenvalue weighted by atomic mass is 10.0. The molecule has 4 rings (SSSR count). The van der Waals surface area contributed by atoms with Crippen LogP contribution in [0.5, 0.6) is 5.75 Å². The summed E-state index contributed by atoms with van der Waals surface area (Å²) in [6, 6.07) is 9.87. The molecule has 2 aromatic heterocycles. The Morgan fingerprint density at radius 2 is 2.07 bits per heavy atom. The van der Waals surface area contributed by atoms with Crippen LogP contribution >= 0.6 is 0 Å². The Bertz CT molecular complexity index is 958. The third-order valence-electron chi connectivity index (χ3n) is 5.27. The number of oxazole rings is 1. The van der Waals surface area contributed by atoms with Gasteiger partial charge in [0, 0.05) is 24.7 Å². The van der Waals surface area contributed by atoms with Gasteiger partial charge in [-0.25, -0.2) is 4.98 Å². The highest BCUT2D eigenvalue weighted by molar-refractivity contribution is 5.92. The van der Waals surface area contributed by atoms with Crippen molar-refractivity contribution in [2.45, 2.75) is 25.5 Å². The normalized spacial score (nSPS) is 15.6. The Labute approximate surface area is 163 Å². The number of ether oxygens (including phenoxy) is 1. The Kier molecular flexibility index (Phi) is 5.25. The fourth-order valence-corrected chi connectivity index (χ4v) is 3.54. The van der Waals surface area contributed by atoms with Crippen molar-refractivity contribution in [3.05, 3.63) is 54.4 Å². The molecule has 7 nitrogen and oxygen atoms in total. The van der Waals surface area contributed by atoms with Crippen LogP contribution in [0.15, 0.2) is 47.2 Å². The number of carbonyl (C=O) groups excluding carboxylic acids is 1. The maximum absolute atomic E-state index is 12.7. The van der Waals surface area contributed by atoms with Gasteiger partial charge in [-0.05, 0) is 45.1 Å². The van der Waals surface area contributed by atoms with E-state index in [-0.39, 0.29) is 18.6 Å². The standard InChI is InChI=1S/C21H24N4O3/c1-24-11-8-16(9-12-24)25(2)21(26)17-13-28-19(23-17)14-27-18-7-3-5-15-6-4-10-22-20(15)18/h3-7,10,13,16H,8-9,11-12,14H2,1-2H3. The number of amides is 1. The molecule has 0 spiro atoms. The number of piperidine rings is 1. The Morgan fingerprint density at radius 3 is 2.89 bits per heavy atom. The average Bonchev–Trinajstić information content (AvgIpc) is 3.21. The summed E-state index contributed by atoms with van der Waals surface area (Å²) in [5.41, 5.74) is 1.10. The zero-order valence-corrected chi connectivity index (χ0v) is 16.2. The molecule has 28 heavy (non-hydrogen) atoms. The number of para-hydroxylation sites is 1. The number of hydrogen-bond acceptors (Lipinski definition) is 6. The van der Waals surface area contributed by atoms with Crippen LogP contribution in [0.1, 0.15) is 29.2 Å². The molecule has 0 radical (unpaired) electrons. The van der Waals surface area contributed by atoms with Crippen molar-refractivity contribution < 1.29 is 13.9 Å². The maximum atomic E-state index is 12.7. The molecule has 0 N–H and O–H groups in total. The summed E-state index contributed by atoms with van der Waals surface area (Å²) >= 11 is 0. The first kappa shape index (κ1) is 18.4. The van der Waals surface area contributed by atoms with Gasteiger partial charge in [0.1, 0.15) is 17.5 Å². The number of pyridine rings is 1. The van der Waals surface area contributed by atoms with E-state index in [0.717, 1.165) is 36.8 Å². The van der Waals surface area contributed by atoms with Crippen LogP contribution in [0.2, 0.25) is 0 Å². The highest BCUT2D eigenvalue weighted by atomic mass is 16.5. The number of rotatable bonds is 5. The van der Waals surface area contributed by atoms with Gasteiger partial charge in [-0.3, -0.25) is 9.78 Å². The van der Waals surface area contributed by atoms with Crippen molar-refractivity contribution in [2.75, 3.05) is 27.2 Å². The van der Waals surface area contributed by atoms with Gasteiger partial charge in [0.15, 0.2) is 12.3 Å². The summed E-state index contributed by atoms with van der Waals surface area (Å²) < 4.78 is 11.3. The third-order valence-corrected chi connectivity index (χ3v) is 5.27. The van der Waals surface area contributed by atoms with Crippen molar-refractivity contribution in [1.82, 2.24) is 19.8 Å². The maximum Gasteiger partial charge on any atom is 0.275 e. The molecule has 1 amide bonds. The number of nitrogens with zero attached hydrogens (tertiary/aromatic N) is 4. The van der Waals surface area contributed by atoms with Gasteiger partial charge in [-0.15, -0.1) is 0 Å².